The molecule has 0 spiro atoms. The summed E-state index contributed by atoms with van der Waals surface area (Å²) in [6.45, 7) is 1.02. The molecule has 1 aliphatic rings. The average Bonchev–Trinajstić information content (AvgIpc) is 2.55. The molecule has 2 rings (SSSR count). The molecule has 0 saturated carbocycles. The second-order valence-corrected chi connectivity index (χ2v) is 6.46. The summed E-state index contributed by atoms with van der Waals surface area (Å²) >= 11 is 1.62. The van der Waals surface area contributed by atoms with Gasteiger partial charge in [0.15, 0.2) is 0 Å². The highest BCUT2D eigenvalue weighted by atomic mass is 32.2. The molecule has 0 radical (unpaired) electrons. The van der Waals surface area contributed by atoms with Crippen molar-refractivity contribution in [1.29, 1.82) is 0 Å². The molecule has 0 unspecified atom stereocenters. The third-order valence-electron chi connectivity index (χ3n) is 3.77. The first kappa shape index (κ1) is 16.7. The molecule has 0 aliphatic carbocycles. The zero-order valence-electron chi connectivity index (χ0n) is 12.7. The number of carbonyl (C=O) groups excluding carboxylic acids is 1. The Kier molecular flexibility index (Phi) is 6.12. The number of thioether (sulfide) groups is 1. The van der Waals surface area contributed by atoms with E-state index in [1.165, 1.54) is 0 Å². The van der Waals surface area contributed by atoms with Crippen LogP contribution in [0.3, 0.4) is 0 Å². The molecule has 1 aliphatic heterocycles. The second kappa shape index (κ2) is 8.08. The van der Waals surface area contributed by atoms with Crippen molar-refractivity contribution in [2.75, 3.05) is 26.0 Å². The average molecular weight is 323 g/mol. The predicted octanol–water partition coefficient (Wildman–Crippen LogP) is 2.50. The van der Waals surface area contributed by atoms with Crippen LogP contribution in [0, 0.1) is 5.92 Å². The Balaban J connectivity index is 1.76. The number of rotatable bonds is 6. The fourth-order valence-corrected chi connectivity index (χ4v) is 3.33. The molecule has 6 heteroatoms. The zero-order valence-corrected chi connectivity index (χ0v) is 13.5. The van der Waals surface area contributed by atoms with Crippen molar-refractivity contribution in [2.45, 2.75) is 24.2 Å². The lowest BCUT2D eigenvalue weighted by Gasteiger charge is -2.30. The van der Waals surface area contributed by atoms with Crippen LogP contribution in [0.2, 0.25) is 0 Å². The van der Waals surface area contributed by atoms with Gasteiger partial charge in [-0.2, -0.15) is 0 Å². The van der Waals surface area contributed by atoms with E-state index >= 15 is 0 Å². The number of ether oxygens (including phenoxy) is 1. The van der Waals surface area contributed by atoms with E-state index in [9.17, 15) is 9.59 Å². The van der Waals surface area contributed by atoms with Gasteiger partial charge in [0.25, 0.3) is 0 Å². The fourth-order valence-electron chi connectivity index (χ4n) is 2.49. The standard InChI is InChI=1S/C16H21NO4S/c1-21-13-4-6-14(7-5-13)22-10-8-15(18)17-9-2-3-12(11-17)16(19)20/h4-7,12H,2-3,8-11H2,1H3,(H,19,20)/t12-/m0/s1. The summed E-state index contributed by atoms with van der Waals surface area (Å²) in [4.78, 5) is 26.0. The van der Waals surface area contributed by atoms with Gasteiger partial charge in [-0.1, -0.05) is 0 Å². The van der Waals surface area contributed by atoms with Crippen LogP contribution in [0.25, 0.3) is 0 Å². The lowest BCUT2D eigenvalue weighted by Crippen LogP contribution is -2.42. The van der Waals surface area contributed by atoms with Gasteiger partial charge in [-0.05, 0) is 37.1 Å². The maximum Gasteiger partial charge on any atom is 0.308 e. The first-order valence-electron chi connectivity index (χ1n) is 7.37. The maximum absolute atomic E-state index is 12.2. The monoisotopic (exact) mass is 323 g/mol. The molecule has 1 heterocycles. The van der Waals surface area contributed by atoms with Crippen molar-refractivity contribution < 1.29 is 19.4 Å². The number of likely N-dealkylation sites (tertiary alicyclic amines) is 1. The minimum Gasteiger partial charge on any atom is -0.497 e. The van der Waals surface area contributed by atoms with E-state index in [1.54, 1.807) is 23.8 Å². The van der Waals surface area contributed by atoms with Gasteiger partial charge in [-0.25, -0.2) is 0 Å². The summed E-state index contributed by atoms with van der Waals surface area (Å²) in [5.74, 6) is 0.344. The van der Waals surface area contributed by atoms with Crippen LogP contribution in [-0.2, 0) is 9.59 Å². The number of hydrogen-bond donors (Lipinski definition) is 1. The second-order valence-electron chi connectivity index (χ2n) is 5.29. The van der Waals surface area contributed by atoms with E-state index in [4.69, 9.17) is 9.84 Å². The quantitative estimate of drug-likeness (QED) is 0.815. The first-order chi connectivity index (χ1) is 10.6. The Labute approximate surface area is 134 Å². The lowest BCUT2D eigenvalue weighted by molar-refractivity contribution is -0.145. The van der Waals surface area contributed by atoms with Crippen molar-refractivity contribution in [2.24, 2.45) is 5.92 Å². The number of hydrogen-bond acceptors (Lipinski definition) is 4. The Bertz CT molecular complexity index is 517. The van der Waals surface area contributed by atoms with Crippen LogP contribution in [0.15, 0.2) is 29.2 Å². The normalized spacial score (nSPS) is 18.0. The van der Waals surface area contributed by atoms with E-state index in [1.807, 2.05) is 24.3 Å². The number of aliphatic carboxylic acids is 1. The smallest absolute Gasteiger partial charge is 0.308 e. The summed E-state index contributed by atoms with van der Waals surface area (Å²) in [5.41, 5.74) is 0. The number of amides is 1. The summed E-state index contributed by atoms with van der Waals surface area (Å²) in [6, 6.07) is 7.73. The third-order valence-corrected chi connectivity index (χ3v) is 4.78. The summed E-state index contributed by atoms with van der Waals surface area (Å²) < 4.78 is 5.10. The highest BCUT2D eigenvalue weighted by molar-refractivity contribution is 7.99. The molecule has 0 bridgehead atoms. The molecule has 1 atom stereocenters. The van der Waals surface area contributed by atoms with Gasteiger partial charge in [-0.15, -0.1) is 11.8 Å². The SMILES string of the molecule is COc1ccc(SCCC(=O)N2CCC[C@H](C(=O)O)C2)cc1. The number of nitrogens with zero attached hydrogens (tertiary/aromatic N) is 1. The van der Waals surface area contributed by atoms with Crippen molar-refractivity contribution >= 4 is 23.6 Å². The molecular formula is C16H21NO4S. The molecule has 1 amide bonds. The lowest BCUT2D eigenvalue weighted by atomic mass is 9.98. The van der Waals surface area contributed by atoms with Crippen molar-refractivity contribution in [3.63, 3.8) is 0 Å². The van der Waals surface area contributed by atoms with Gasteiger partial charge in [-0.3, -0.25) is 9.59 Å². The third kappa shape index (κ3) is 4.66. The highest BCUT2D eigenvalue weighted by Crippen LogP contribution is 2.23. The molecular weight excluding hydrogens is 302 g/mol. The van der Waals surface area contributed by atoms with Crippen LogP contribution in [0.1, 0.15) is 19.3 Å². The van der Waals surface area contributed by atoms with Gasteiger partial charge in [0.05, 0.1) is 13.0 Å². The Morgan fingerprint density at radius 3 is 2.73 bits per heavy atom. The Morgan fingerprint density at radius 1 is 1.36 bits per heavy atom. The van der Waals surface area contributed by atoms with Crippen molar-refractivity contribution in [3.8, 4) is 5.75 Å². The molecule has 1 aromatic carbocycles. The molecule has 1 aromatic rings. The van der Waals surface area contributed by atoms with Crippen molar-refractivity contribution in [1.82, 2.24) is 4.90 Å². The number of carbonyl (C=O) groups is 2. The van der Waals surface area contributed by atoms with Crippen LogP contribution in [-0.4, -0.2) is 47.8 Å². The number of piperidine rings is 1. The highest BCUT2D eigenvalue weighted by Gasteiger charge is 2.27. The van der Waals surface area contributed by atoms with Crippen molar-refractivity contribution in [3.05, 3.63) is 24.3 Å². The van der Waals surface area contributed by atoms with Crippen LogP contribution < -0.4 is 4.74 Å². The van der Waals surface area contributed by atoms with Gasteiger partial charge in [0.1, 0.15) is 5.75 Å². The molecule has 0 aromatic heterocycles. The maximum atomic E-state index is 12.2. The molecule has 1 saturated heterocycles. The fraction of sp³-hybridized carbons (Fsp3) is 0.500. The topological polar surface area (TPSA) is 66.8 Å². The summed E-state index contributed by atoms with van der Waals surface area (Å²) in [6.07, 6.45) is 1.87. The predicted molar refractivity (Wildman–Crippen MR) is 85.3 cm³/mol. The molecule has 22 heavy (non-hydrogen) atoms. The molecule has 1 fully saturated rings. The van der Waals surface area contributed by atoms with Gasteiger partial charge in [0, 0.05) is 30.2 Å². The van der Waals surface area contributed by atoms with Gasteiger partial charge in [0.2, 0.25) is 5.91 Å². The largest absolute Gasteiger partial charge is 0.497 e. The number of methoxy groups -OCH3 is 1. The number of benzene rings is 1. The Morgan fingerprint density at radius 2 is 2.09 bits per heavy atom. The van der Waals surface area contributed by atoms with Gasteiger partial charge >= 0.3 is 5.97 Å². The van der Waals surface area contributed by atoms with E-state index in [-0.39, 0.29) is 5.91 Å². The minimum atomic E-state index is -0.801. The Hall–Kier alpha value is -1.69. The van der Waals surface area contributed by atoms with E-state index in [0.29, 0.717) is 31.7 Å². The van der Waals surface area contributed by atoms with Crippen LogP contribution >= 0.6 is 11.8 Å². The van der Waals surface area contributed by atoms with Crippen LogP contribution in [0.4, 0.5) is 0 Å². The minimum absolute atomic E-state index is 0.0481. The number of carboxylic acids is 1. The first-order valence-corrected chi connectivity index (χ1v) is 8.36. The molecule has 5 nitrogen and oxygen atoms in total. The van der Waals surface area contributed by atoms with E-state index in [2.05, 4.69) is 0 Å². The number of carboxylic acid groups (broad SMARTS) is 1. The molecule has 1 N–H and O–H groups in total. The van der Waals surface area contributed by atoms with E-state index < -0.39 is 11.9 Å². The summed E-state index contributed by atoms with van der Waals surface area (Å²) in [7, 11) is 1.63. The summed E-state index contributed by atoms with van der Waals surface area (Å²) in [5, 5.41) is 9.05. The molecule has 120 valence electrons. The zero-order chi connectivity index (χ0) is 15.9. The van der Waals surface area contributed by atoms with E-state index in [0.717, 1.165) is 17.1 Å². The van der Waals surface area contributed by atoms with Gasteiger partial charge < -0.3 is 14.7 Å². The van der Waals surface area contributed by atoms with Crippen LogP contribution in [0.5, 0.6) is 5.75 Å².